The fourth-order valence-corrected chi connectivity index (χ4v) is 3.73. The van der Waals surface area contributed by atoms with E-state index in [1.165, 1.54) is 5.56 Å². The maximum absolute atomic E-state index is 11.4. The number of guanidine groups is 1. The molecule has 2 unspecified atom stereocenters. The summed E-state index contributed by atoms with van der Waals surface area (Å²) in [4.78, 5) is 18.0. The van der Waals surface area contributed by atoms with Gasteiger partial charge in [0.1, 0.15) is 5.75 Å². The number of amides is 1. The number of aliphatic imine (C=N–C) groups is 1. The predicted octanol–water partition coefficient (Wildman–Crippen LogP) is 2.56. The number of primary amides is 1. The molecule has 7 nitrogen and oxygen atoms in total. The number of piperidine rings is 1. The molecule has 1 amide bonds. The zero-order chi connectivity index (χ0) is 21.1. The first-order chi connectivity index (χ1) is 14.0. The molecule has 4 N–H and O–H groups in total. The number of hydrogen-bond donors (Lipinski definition) is 3. The highest BCUT2D eigenvalue weighted by Crippen LogP contribution is 2.21. The van der Waals surface area contributed by atoms with Crippen LogP contribution in [0.15, 0.2) is 29.3 Å². The molecule has 1 aromatic rings. The molecule has 1 aliphatic heterocycles. The number of carbonyl (C=O) groups is 1. The summed E-state index contributed by atoms with van der Waals surface area (Å²) >= 11 is 0. The summed E-state index contributed by atoms with van der Waals surface area (Å²) in [6, 6.07) is 8.27. The summed E-state index contributed by atoms with van der Waals surface area (Å²) < 4.78 is 5.22. The highest BCUT2D eigenvalue weighted by molar-refractivity contribution is 14.0. The van der Waals surface area contributed by atoms with E-state index >= 15 is 0 Å². The minimum atomic E-state index is -0.165. The number of nitrogens with two attached hydrogens (primary N) is 1. The molecule has 0 saturated carbocycles. The van der Waals surface area contributed by atoms with Crippen molar-refractivity contribution in [3.05, 3.63) is 29.8 Å². The second kappa shape index (κ2) is 14.5. The van der Waals surface area contributed by atoms with Crippen LogP contribution in [-0.4, -0.2) is 63.6 Å². The van der Waals surface area contributed by atoms with Gasteiger partial charge in [-0.15, -0.1) is 24.0 Å². The fraction of sp³-hybridized carbons (Fsp3) is 0.636. The maximum Gasteiger partial charge on any atom is 0.221 e. The van der Waals surface area contributed by atoms with Crippen molar-refractivity contribution in [2.75, 3.05) is 46.9 Å². The van der Waals surface area contributed by atoms with Crippen molar-refractivity contribution in [1.29, 1.82) is 0 Å². The minimum absolute atomic E-state index is 0. The molecule has 1 aliphatic rings. The van der Waals surface area contributed by atoms with E-state index in [0.717, 1.165) is 70.1 Å². The van der Waals surface area contributed by atoms with E-state index in [1.807, 2.05) is 12.1 Å². The quantitative estimate of drug-likeness (QED) is 0.187. The number of ether oxygens (including phenoxy) is 1. The number of nitrogens with one attached hydrogen (secondary N) is 2. The van der Waals surface area contributed by atoms with E-state index in [4.69, 9.17) is 10.5 Å². The second-order valence-corrected chi connectivity index (χ2v) is 7.78. The van der Waals surface area contributed by atoms with Gasteiger partial charge in [-0.05, 0) is 62.4 Å². The Morgan fingerprint density at radius 3 is 2.63 bits per heavy atom. The van der Waals surface area contributed by atoms with Crippen LogP contribution < -0.4 is 21.1 Å². The normalized spacial score (nSPS) is 18.2. The van der Waals surface area contributed by atoms with Crippen molar-refractivity contribution in [2.45, 2.75) is 38.5 Å². The van der Waals surface area contributed by atoms with Gasteiger partial charge in [-0.1, -0.05) is 19.1 Å². The Morgan fingerprint density at radius 2 is 2.00 bits per heavy atom. The second-order valence-electron chi connectivity index (χ2n) is 7.78. The lowest BCUT2D eigenvalue weighted by Crippen LogP contribution is -2.43. The van der Waals surface area contributed by atoms with Crippen molar-refractivity contribution < 1.29 is 9.53 Å². The number of nitrogens with zero attached hydrogens (tertiary/aromatic N) is 2. The Bertz CT molecular complexity index is 653. The van der Waals surface area contributed by atoms with Gasteiger partial charge in [-0.3, -0.25) is 9.79 Å². The van der Waals surface area contributed by atoms with Crippen LogP contribution in [0.2, 0.25) is 0 Å². The minimum Gasteiger partial charge on any atom is -0.497 e. The number of benzene rings is 1. The molecule has 170 valence electrons. The average Bonchev–Trinajstić information content (AvgIpc) is 2.75. The van der Waals surface area contributed by atoms with Crippen molar-refractivity contribution in [2.24, 2.45) is 16.6 Å². The SMILES string of the molecule is CN=C(NCCCN1CCCC(C(N)=O)C1)NCCC(C)c1ccc(OC)cc1.I. The Kier molecular flexibility index (Phi) is 12.8. The molecule has 2 atom stereocenters. The highest BCUT2D eigenvalue weighted by atomic mass is 127. The summed E-state index contributed by atoms with van der Waals surface area (Å²) in [5.74, 6) is 2.03. The monoisotopic (exact) mass is 531 g/mol. The molecule has 0 bridgehead atoms. The third kappa shape index (κ3) is 9.07. The lowest BCUT2D eigenvalue weighted by atomic mass is 9.97. The Hall–Kier alpha value is -1.55. The third-order valence-electron chi connectivity index (χ3n) is 5.63. The van der Waals surface area contributed by atoms with Crippen LogP contribution in [0.3, 0.4) is 0 Å². The summed E-state index contributed by atoms with van der Waals surface area (Å²) in [6.07, 6.45) is 4.01. The molecule has 1 aromatic carbocycles. The van der Waals surface area contributed by atoms with Crippen molar-refractivity contribution in [3.8, 4) is 5.75 Å². The number of likely N-dealkylation sites (tertiary alicyclic amines) is 1. The number of rotatable bonds is 10. The van der Waals surface area contributed by atoms with Gasteiger partial charge < -0.3 is 26.0 Å². The molecule has 1 fully saturated rings. The first-order valence-corrected chi connectivity index (χ1v) is 10.6. The van der Waals surface area contributed by atoms with E-state index < -0.39 is 0 Å². The van der Waals surface area contributed by atoms with Crippen LogP contribution in [-0.2, 0) is 4.79 Å². The largest absolute Gasteiger partial charge is 0.497 e. The topological polar surface area (TPSA) is 92.0 Å². The van der Waals surface area contributed by atoms with Crippen LogP contribution in [0.4, 0.5) is 0 Å². The van der Waals surface area contributed by atoms with E-state index in [9.17, 15) is 4.79 Å². The van der Waals surface area contributed by atoms with Crippen LogP contribution in [0.25, 0.3) is 0 Å². The summed E-state index contributed by atoms with van der Waals surface area (Å²) in [5.41, 5.74) is 6.76. The van der Waals surface area contributed by atoms with E-state index in [-0.39, 0.29) is 35.8 Å². The van der Waals surface area contributed by atoms with Gasteiger partial charge >= 0.3 is 0 Å². The Labute approximate surface area is 198 Å². The van der Waals surface area contributed by atoms with Crippen LogP contribution in [0.5, 0.6) is 5.75 Å². The molecule has 30 heavy (non-hydrogen) atoms. The van der Waals surface area contributed by atoms with E-state index in [1.54, 1.807) is 14.2 Å². The summed E-state index contributed by atoms with van der Waals surface area (Å²) in [7, 11) is 3.48. The van der Waals surface area contributed by atoms with Gasteiger partial charge in [0.25, 0.3) is 0 Å². The molecule has 2 rings (SSSR count). The molecule has 1 heterocycles. The van der Waals surface area contributed by atoms with Gasteiger partial charge in [0.2, 0.25) is 5.91 Å². The molecule has 0 spiro atoms. The Balaban J connectivity index is 0.00000450. The van der Waals surface area contributed by atoms with Crippen LogP contribution >= 0.6 is 24.0 Å². The van der Waals surface area contributed by atoms with E-state index in [2.05, 4.69) is 39.6 Å². The van der Waals surface area contributed by atoms with Gasteiger partial charge in [0, 0.05) is 26.7 Å². The average molecular weight is 531 g/mol. The lowest BCUT2D eigenvalue weighted by Gasteiger charge is -2.31. The van der Waals surface area contributed by atoms with Gasteiger partial charge in [0.05, 0.1) is 13.0 Å². The van der Waals surface area contributed by atoms with Crippen LogP contribution in [0, 0.1) is 5.92 Å². The lowest BCUT2D eigenvalue weighted by molar-refractivity contribution is -0.123. The van der Waals surface area contributed by atoms with Gasteiger partial charge in [-0.2, -0.15) is 0 Å². The standard InChI is InChI=1S/C22H37N5O2.HI/c1-17(18-7-9-20(29-3)10-8-18)11-13-26-22(24-2)25-12-5-15-27-14-4-6-19(16-27)21(23)28;/h7-10,17,19H,4-6,11-16H2,1-3H3,(H2,23,28)(H2,24,25,26);1H. The molecular weight excluding hydrogens is 493 g/mol. The Morgan fingerprint density at radius 1 is 1.30 bits per heavy atom. The smallest absolute Gasteiger partial charge is 0.221 e. The molecule has 1 saturated heterocycles. The first kappa shape index (κ1) is 26.5. The predicted molar refractivity (Wildman–Crippen MR) is 134 cm³/mol. The van der Waals surface area contributed by atoms with Crippen molar-refractivity contribution in [1.82, 2.24) is 15.5 Å². The molecule has 0 aliphatic carbocycles. The number of halogens is 1. The molecular formula is C22H38IN5O2. The van der Waals surface area contributed by atoms with Crippen molar-refractivity contribution >= 4 is 35.8 Å². The molecule has 0 radical (unpaired) electrons. The number of carbonyl (C=O) groups excluding carboxylic acids is 1. The van der Waals surface area contributed by atoms with Crippen molar-refractivity contribution in [3.63, 3.8) is 0 Å². The maximum atomic E-state index is 11.4. The zero-order valence-corrected chi connectivity index (χ0v) is 20.9. The van der Waals surface area contributed by atoms with Gasteiger partial charge in [0.15, 0.2) is 5.96 Å². The van der Waals surface area contributed by atoms with Gasteiger partial charge in [-0.25, -0.2) is 0 Å². The first-order valence-electron chi connectivity index (χ1n) is 10.6. The third-order valence-corrected chi connectivity index (χ3v) is 5.63. The zero-order valence-electron chi connectivity index (χ0n) is 18.5. The fourth-order valence-electron chi connectivity index (χ4n) is 3.73. The van der Waals surface area contributed by atoms with Crippen LogP contribution in [0.1, 0.15) is 44.1 Å². The summed E-state index contributed by atoms with van der Waals surface area (Å²) in [6.45, 7) is 6.77. The highest BCUT2D eigenvalue weighted by Gasteiger charge is 2.23. The molecule has 0 aromatic heterocycles. The van der Waals surface area contributed by atoms with E-state index in [0.29, 0.717) is 5.92 Å². The summed E-state index contributed by atoms with van der Waals surface area (Å²) in [5, 5.41) is 6.77. The number of methoxy groups -OCH3 is 1. The number of hydrogen-bond acceptors (Lipinski definition) is 4. The molecule has 8 heteroatoms.